The normalized spacial score (nSPS) is 28.8. The van der Waals surface area contributed by atoms with Crippen molar-refractivity contribution in [2.75, 3.05) is 7.11 Å². The summed E-state index contributed by atoms with van der Waals surface area (Å²) in [6, 6.07) is 0. The van der Waals surface area contributed by atoms with Gasteiger partial charge in [-0.25, -0.2) is 0 Å². The lowest BCUT2D eigenvalue weighted by Gasteiger charge is -2.11. The molecule has 0 saturated carbocycles. The second kappa shape index (κ2) is 8.05. The van der Waals surface area contributed by atoms with Gasteiger partial charge >= 0.3 is 0 Å². The fourth-order valence-corrected chi connectivity index (χ4v) is 2.03. The van der Waals surface area contributed by atoms with E-state index in [4.69, 9.17) is 4.74 Å². The van der Waals surface area contributed by atoms with Gasteiger partial charge in [-0.3, -0.25) is 0 Å². The zero-order valence-electron chi connectivity index (χ0n) is 9.50. The van der Waals surface area contributed by atoms with Crippen LogP contribution in [0.5, 0.6) is 0 Å². The van der Waals surface area contributed by atoms with Crippen molar-refractivity contribution in [3.8, 4) is 0 Å². The molecule has 0 fully saturated rings. The van der Waals surface area contributed by atoms with Gasteiger partial charge in [0.1, 0.15) is 0 Å². The second-order valence-corrected chi connectivity index (χ2v) is 4.25. The van der Waals surface area contributed by atoms with E-state index in [1.807, 2.05) is 7.11 Å². The molecule has 1 atom stereocenters. The molecule has 0 spiro atoms. The number of ether oxygens (including phenoxy) is 1. The molecule has 0 heterocycles. The number of hydrogen-bond acceptors (Lipinski definition) is 1. The smallest absolute Gasteiger partial charge is 0.0752 e. The Balaban J connectivity index is 2.28. The number of allylic oxidation sites excluding steroid dienone is 1. The summed E-state index contributed by atoms with van der Waals surface area (Å²) in [5.74, 6) is 0. The third-order valence-electron chi connectivity index (χ3n) is 3.01. The molecule has 1 heteroatoms. The van der Waals surface area contributed by atoms with Crippen LogP contribution in [0.25, 0.3) is 0 Å². The summed E-state index contributed by atoms with van der Waals surface area (Å²) in [7, 11) is 1.82. The molecule has 1 unspecified atom stereocenters. The van der Waals surface area contributed by atoms with Gasteiger partial charge in [-0.15, -0.1) is 0 Å². The summed E-state index contributed by atoms with van der Waals surface area (Å²) < 4.78 is 5.41. The topological polar surface area (TPSA) is 9.23 Å². The highest BCUT2D eigenvalue weighted by Crippen LogP contribution is 2.14. The highest BCUT2D eigenvalue weighted by molar-refractivity contribution is 4.89. The Bertz CT molecular complexity index is 151. The van der Waals surface area contributed by atoms with Crippen LogP contribution in [0.2, 0.25) is 0 Å². The highest BCUT2D eigenvalue weighted by atomic mass is 16.5. The molecule has 0 radical (unpaired) electrons. The molecular formula is C13H24O. The molecule has 1 nitrogen and oxygen atoms in total. The van der Waals surface area contributed by atoms with Crippen LogP contribution >= 0.6 is 0 Å². The maximum atomic E-state index is 5.41. The molecule has 0 N–H and O–H groups in total. The second-order valence-electron chi connectivity index (χ2n) is 4.25. The Morgan fingerprint density at radius 3 is 2.29 bits per heavy atom. The highest BCUT2D eigenvalue weighted by Gasteiger charge is 2.02. The van der Waals surface area contributed by atoms with Crippen LogP contribution in [0, 0.1) is 0 Å². The largest absolute Gasteiger partial charge is 0.377 e. The average molecular weight is 196 g/mol. The predicted molar refractivity (Wildman–Crippen MR) is 61.5 cm³/mol. The molecule has 1 aliphatic rings. The standard InChI is InChI=1S/C13H24O/c1-14-13-11-9-7-5-3-2-4-6-8-10-12-13/h9,11,13H,2-8,10,12H2,1H3/b11-9-. The zero-order valence-corrected chi connectivity index (χ0v) is 9.50. The van der Waals surface area contributed by atoms with Crippen molar-refractivity contribution in [3.63, 3.8) is 0 Å². The summed E-state index contributed by atoms with van der Waals surface area (Å²) in [4.78, 5) is 0. The van der Waals surface area contributed by atoms with Crippen molar-refractivity contribution in [2.45, 2.75) is 63.9 Å². The van der Waals surface area contributed by atoms with Gasteiger partial charge in [0.2, 0.25) is 0 Å². The van der Waals surface area contributed by atoms with Gasteiger partial charge in [0, 0.05) is 7.11 Å². The van der Waals surface area contributed by atoms with E-state index in [0.29, 0.717) is 6.10 Å². The third kappa shape index (κ3) is 5.43. The van der Waals surface area contributed by atoms with Gasteiger partial charge < -0.3 is 4.74 Å². The van der Waals surface area contributed by atoms with E-state index in [0.717, 1.165) is 0 Å². The lowest BCUT2D eigenvalue weighted by Crippen LogP contribution is -2.06. The van der Waals surface area contributed by atoms with E-state index >= 15 is 0 Å². The molecule has 0 saturated heterocycles. The Labute approximate surface area is 88.5 Å². The molecule has 0 aromatic carbocycles. The van der Waals surface area contributed by atoms with Gasteiger partial charge in [0.15, 0.2) is 0 Å². The zero-order chi connectivity index (χ0) is 10.1. The fraction of sp³-hybridized carbons (Fsp3) is 0.846. The van der Waals surface area contributed by atoms with Crippen LogP contribution < -0.4 is 0 Å². The molecule has 0 aromatic rings. The molecule has 14 heavy (non-hydrogen) atoms. The van der Waals surface area contributed by atoms with E-state index in [9.17, 15) is 0 Å². The van der Waals surface area contributed by atoms with Crippen LogP contribution in [-0.4, -0.2) is 13.2 Å². The quantitative estimate of drug-likeness (QED) is 0.574. The molecule has 0 aliphatic heterocycles. The minimum absolute atomic E-state index is 0.370. The molecule has 0 amide bonds. The molecule has 1 rings (SSSR count). The summed E-state index contributed by atoms with van der Waals surface area (Å²) >= 11 is 0. The molecule has 0 aromatic heterocycles. The number of methoxy groups -OCH3 is 1. The Kier molecular flexibility index (Phi) is 6.77. The van der Waals surface area contributed by atoms with E-state index in [1.165, 1.54) is 57.8 Å². The monoisotopic (exact) mass is 196 g/mol. The van der Waals surface area contributed by atoms with E-state index < -0.39 is 0 Å². The van der Waals surface area contributed by atoms with E-state index in [-0.39, 0.29) is 0 Å². The fourth-order valence-electron chi connectivity index (χ4n) is 2.03. The molecule has 82 valence electrons. The Morgan fingerprint density at radius 2 is 1.57 bits per heavy atom. The summed E-state index contributed by atoms with van der Waals surface area (Å²) in [6.45, 7) is 0. The first-order chi connectivity index (χ1) is 6.93. The Morgan fingerprint density at radius 1 is 0.929 bits per heavy atom. The first-order valence-electron chi connectivity index (χ1n) is 6.13. The van der Waals surface area contributed by atoms with Crippen molar-refractivity contribution in [1.29, 1.82) is 0 Å². The van der Waals surface area contributed by atoms with Crippen LogP contribution in [-0.2, 0) is 4.74 Å². The van der Waals surface area contributed by atoms with Gasteiger partial charge in [-0.05, 0) is 19.3 Å². The van der Waals surface area contributed by atoms with Crippen LogP contribution in [0.1, 0.15) is 57.8 Å². The van der Waals surface area contributed by atoms with Crippen molar-refractivity contribution < 1.29 is 4.74 Å². The Hall–Kier alpha value is -0.300. The maximum Gasteiger partial charge on any atom is 0.0752 e. The van der Waals surface area contributed by atoms with Gasteiger partial charge in [-0.2, -0.15) is 0 Å². The van der Waals surface area contributed by atoms with Crippen molar-refractivity contribution in [1.82, 2.24) is 0 Å². The van der Waals surface area contributed by atoms with Crippen LogP contribution in [0.15, 0.2) is 12.2 Å². The lowest BCUT2D eigenvalue weighted by molar-refractivity contribution is 0.130. The summed E-state index contributed by atoms with van der Waals surface area (Å²) in [6.07, 6.45) is 17.1. The molecule has 1 aliphatic carbocycles. The molecular weight excluding hydrogens is 172 g/mol. The first-order valence-corrected chi connectivity index (χ1v) is 6.13. The minimum Gasteiger partial charge on any atom is -0.377 e. The van der Waals surface area contributed by atoms with E-state index in [1.54, 1.807) is 0 Å². The van der Waals surface area contributed by atoms with Crippen molar-refractivity contribution in [3.05, 3.63) is 12.2 Å². The number of hydrogen-bond donors (Lipinski definition) is 0. The molecule has 0 bridgehead atoms. The van der Waals surface area contributed by atoms with Crippen LogP contribution in [0.4, 0.5) is 0 Å². The minimum atomic E-state index is 0.370. The summed E-state index contributed by atoms with van der Waals surface area (Å²) in [5, 5.41) is 0. The predicted octanol–water partition coefficient (Wildman–Crippen LogP) is 4.08. The third-order valence-corrected chi connectivity index (χ3v) is 3.01. The first kappa shape index (κ1) is 11.8. The average Bonchev–Trinajstić information content (AvgIpc) is 2.19. The van der Waals surface area contributed by atoms with Gasteiger partial charge in [-0.1, -0.05) is 50.7 Å². The number of rotatable bonds is 1. The van der Waals surface area contributed by atoms with Crippen molar-refractivity contribution in [2.24, 2.45) is 0 Å². The van der Waals surface area contributed by atoms with Crippen LogP contribution in [0.3, 0.4) is 0 Å². The van der Waals surface area contributed by atoms with Crippen molar-refractivity contribution >= 4 is 0 Å². The maximum absolute atomic E-state index is 5.41. The van der Waals surface area contributed by atoms with Gasteiger partial charge in [0.05, 0.1) is 6.10 Å². The van der Waals surface area contributed by atoms with Gasteiger partial charge in [0.25, 0.3) is 0 Å². The SMILES string of the molecule is COC1/C=C\CCCCCCCCC1. The van der Waals surface area contributed by atoms with E-state index in [2.05, 4.69) is 12.2 Å². The summed E-state index contributed by atoms with van der Waals surface area (Å²) in [5.41, 5.74) is 0. The lowest BCUT2D eigenvalue weighted by atomic mass is 10.0.